The van der Waals surface area contributed by atoms with Crippen LogP contribution in [-0.2, 0) is 13.5 Å². The molecule has 0 aliphatic carbocycles. The van der Waals surface area contributed by atoms with Gasteiger partial charge in [-0.3, -0.25) is 4.98 Å². The lowest BCUT2D eigenvalue weighted by molar-refractivity contribution is 0.720. The lowest BCUT2D eigenvalue weighted by Crippen LogP contribution is -2.13. The minimum atomic E-state index is 0.938. The van der Waals surface area contributed by atoms with Crippen LogP contribution in [0.5, 0.6) is 0 Å². The summed E-state index contributed by atoms with van der Waals surface area (Å²) >= 11 is 0. The quantitative estimate of drug-likeness (QED) is 0.836. The fraction of sp³-hybridized carbons (Fsp3) is 0.333. The van der Waals surface area contributed by atoms with Crippen LogP contribution in [-0.4, -0.2) is 28.1 Å². The van der Waals surface area contributed by atoms with E-state index in [1.807, 2.05) is 38.6 Å². The molecule has 2 rings (SSSR count). The van der Waals surface area contributed by atoms with Gasteiger partial charge >= 0.3 is 0 Å². The molecular formula is C12H16N4. The van der Waals surface area contributed by atoms with E-state index in [4.69, 9.17) is 0 Å². The van der Waals surface area contributed by atoms with Crippen molar-refractivity contribution in [3.63, 3.8) is 0 Å². The molecule has 0 aliphatic heterocycles. The number of pyridine rings is 1. The molecule has 0 unspecified atom stereocenters. The van der Waals surface area contributed by atoms with Gasteiger partial charge in [-0.25, -0.2) is 4.98 Å². The van der Waals surface area contributed by atoms with Gasteiger partial charge in [0.05, 0.1) is 11.9 Å². The Morgan fingerprint density at radius 3 is 2.94 bits per heavy atom. The van der Waals surface area contributed by atoms with Crippen LogP contribution >= 0.6 is 0 Å². The summed E-state index contributed by atoms with van der Waals surface area (Å²) in [6.07, 6.45) is 6.48. The van der Waals surface area contributed by atoms with Crippen LogP contribution in [0.25, 0.3) is 11.3 Å². The van der Waals surface area contributed by atoms with Crippen molar-refractivity contribution in [2.75, 3.05) is 13.6 Å². The molecule has 84 valence electrons. The predicted octanol–water partition coefficient (Wildman–Crippen LogP) is 1.24. The number of hydrogen-bond acceptors (Lipinski definition) is 3. The number of nitrogens with zero attached hydrogens (tertiary/aromatic N) is 3. The van der Waals surface area contributed by atoms with Gasteiger partial charge in [0, 0.05) is 38.0 Å². The molecule has 0 spiro atoms. The molecule has 0 radical (unpaired) electrons. The monoisotopic (exact) mass is 216 g/mol. The first-order valence-electron chi connectivity index (χ1n) is 5.38. The molecule has 0 fully saturated rings. The first kappa shape index (κ1) is 10.8. The molecule has 0 atom stereocenters. The van der Waals surface area contributed by atoms with Gasteiger partial charge in [0.25, 0.3) is 0 Å². The van der Waals surface area contributed by atoms with E-state index in [0.29, 0.717) is 0 Å². The first-order valence-corrected chi connectivity index (χ1v) is 5.38. The van der Waals surface area contributed by atoms with Crippen LogP contribution < -0.4 is 5.32 Å². The molecule has 4 heteroatoms. The Morgan fingerprint density at radius 2 is 2.25 bits per heavy atom. The van der Waals surface area contributed by atoms with Crippen molar-refractivity contribution < 1.29 is 0 Å². The largest absolute Gasteiger partial charge is 0.331 e. The topological polar surface area (TPSA) is 42.7 Å². The molecule has 2 aromatic heterocycles. The summed E-state index contributed by atoms with van der Waals surface area (Å²) in [5.74, 6) is 1.09. The Morgan fingerprint density at radius 1 is 1.38 bits per heavy atom. The number of nitrogens with one attached hydrogen (secondary N) is 1. The van der Waals surface area contributed by atoms with Gasteiger partial charge in [0.15, 0.2) is 0 Å². The molecule has 2 aromatic rings. The summed E-state index contributed by atoms with van der Waals surface area (Å²) in [7, 11) is 3.99. The molecule has 0 aromatic carbocycles. The number of aromatic nitrogens is 3. The van der Waals surface area contributed by atoms with Crippen molar-refractivity contribution in [2.24, 2.45) is 7.05 Å². The fourth-order valence-corrected chi connectivity index (χ4v) is 1.70. The van der Waals surface area contributed by atoms with Gasteiger partial charge in [-0.1, -0.05) is 0 Å². The Hall–Kier alpha value is -1.68. The van der Waals surface area contributed by atoms with Crippen LogP contribution in [0.4, 0.5) is 0 Å². The lowest BCUT2D eigenvalue weighted by Gasteiger charge is -2.05. The highest BCUT2D eigenvalue weighted by molar-refractivity contribution is 5.57. The molecule has 1 N–H and O–H groups in total. The number of hydrogen-bond donors (Lipinski definition) is 1. The zero-order valence-electron chi connectivity index (χ0n) is 9.64. The molecule has 2 heterocycles. The van der Waals surface area contributed by atoms with Crippen LogP contribution in [0, 0.1) is 0 Å². The number of rotatable bonds is 4. The Balaban J connectivity index is 2.27. The maximum Gasteiger partial charge on any atom is 0.110 e. The van der Waals surface area contributed by atoms with Crippen LogP contribution in [0.3, 0.4) is 0 Å². The van der Waals surface area contributed by atoms with Crippen LogP contribution in [0.15, 0.2) is 30.7 Å². The SMILES string of the molecule is CNCCc1ncc(-c2cccnc2)n1C. The van der Waals surface area contributed by atoms with Gasteiger partial charge in [0.1, 0.15) is 5.82 Å². The van der Waals surface area contributed by atoms with Crippen molar-refractivity contribution in [3.05, 3.63) is 36.5 Å². The first-order chi connectivity index (χ1) is 7.83. The highest BCUT2D eigenvalue weighted by Crippen LogP contribution is 2.18. The van der Waals surface area contributed by atoms with Crippen LogP contribution in [0.1, 0.15) is 5.82 Å². The van der Waals surface area contributed by atoms with E-state index in [2.05, 4.69) is 19.9 Å². The molecule has 0 aliphatic rings. The van der Waals surface area contributed by atoms with E-state index >= 15 is 0 Å². The second-order valence-electron chi connectivity index (χ2n) is 3.71. The average molecular weight is 216 g/mol. The molecule has 0 bridgehead atoms. The van der Waals surface area contributed by atoms with Crippen molar-refractivity contribution >= 4 is 0 Å². The second-order valence-corrected chi connectivity index (χ2v) is 3.71. The minimum absolute atomic E-state index is 0.938. The van der Waals surface area contributed by atoms with E-state index in [-0.39, 0.29) is 0 Å². The normalized spacial score (nSPS) is 10.6. The zero-order valence-corrected chi connectivity index (χ0v) is 9.64. The van der Waals surface area contributed by atoms with Crippen molar-refractivity contribution in [1.29, 1.82) is 0 Å². The third kappa shape index (κ3) is 2.12. The second kappa shape index (κ2) is 4.90. The summed E-state index contributed by atoms with van der Waals surface area (Å²) in [4.78, 5) is 8.54. The number of imidazole rings is 1. The molecular weight excluding hydrogens is 200 g/mol. The summed E-state index contributed by atoms with van der Waals surface area (Å²) in [5.41, 5.74) is 2.22. The third-order valence-corrected chi connectivity index (χ3v) is 2.64. The maximum absolute atomic E-state index is 4.42. The van der Waals surface area contributed by atoms with Crippen molar-refractivity contribution in [3.8, 4) is 11.3 Å². The smallest absolute Gasteiger partial charge is 0.110 e. The highest BCUT2D eigenvalue weighted by atomic mass is 15.1. The maximum atomic E-state index is 4.42. The molecule has 0 amide bonds. The molecule has 0 saturated heterocycles. The average Bonchev–Trinajstić information content (AvgIpc) is 2.69. The zero-order chi connectivity index (χ0) is 11.4. The van der Waals surface area contributed by atoms with Gasteiger partial charge in [-0.15, -0.1) is 0 Å². The van der Waals surface area contributed by atoms with Gasteiger partial charge in [0.2, 0.25) is 0 Å². The Kier molecular flexibility index (Phi) is 3.31. The van der Waals surface area contributed by atoms with E-state index in [1.54, 1.807) is 6.20 Å². The molecule has 4 nitrogen and oxygen atoms in total. The van der Waals surface area contributed by atoms with Crippen LogP contribution in [0.2, 0.25) is 0 Å². The summed E-state index contributed by atoms with van der Waals surface area (Å²) in [6, 6.07) is 3.99. The Bertz CT molecular complexity index is 447. The van der Waals surface area contributed by atoms with E-state index in [0.717, 1.165) is 30.0 Å². The summed E-state index contributed by atoms with van der Waals surface area (Å²) in [5, 5.41) is 3.13. The van der Waals surface area contributed by atoms with Crippen molar-refractivity contribution in [2.45, 2.75) is 6.42 Å². The fourth-order valence-electron chi connectivity index (χ4n) is 1.70. The van der Waals surface area contributed by atoms with Gasteiger partial charge < -0.3 is 9.88 Å². The van der Waals surface area contributed by atoms with Crippen molar-refractivity contribution in [1.82, 2.24) is 19.9 Å². The van der Waals surface area contributed by atoms with E-state index in [9.17, 15) is 0 Å². The Labute approximate surface area is 95.4 Å². The van der Waals surface area contributed by atoms with Gasteiger partial charge in [-0.2, -0.15) is 0 Å². The molecule has 16 heavy (non-hydrogen) atoms. The summed E-state index contributed by atoms with van der Waals surface area (Å²) < 4.78 is 2.12. The third-order valence-electron chi connectivity index (χ3n) is 2.64. The molecule has 0 saturated carbocycles. The standard InChI is InChI=1S/C12H16N4/c1-13-7-5-12-15-9-11(16(12)2)10-4-3-6-14-8-10/h3-4,6,8-9,13H,5,7H2,1-2H3. The number of likely N-dealkylation sites (N-methyl/N-ethyl adjacent to an activating group) is 1. The van der Waals surface area contributed by atoms with E-state index in [1.165, 1.54) is 0 Å². The highest BCUT2D eigenvalue weighted by Gasteiger charge is 2.07. The van der Waals surface area contributed by atoms with Gasteiger partial charge in [-0.05, 0) is 19.2 Å². The van der Waals surface area contributed by atoms with E-state index < -0.39 is 0 Å². The predicted molar refractivity (Wildman–Crippen MR) is 64.1 cm³/mol. The minimum Gasteiger partial charge on any atom is -0.331 e. The lowest BCUT2D eigenvalue weighted by atomic mass is 10.2. The summed E-state index contributed by atoms with van der Waals surface area (Å²) in [6.45, 7) is 0.942.